The topological polar surface area (TPSA) is 88.9 Å². The molecule has 1 amide bonds. The Morgan fingerprint density at radius 3 is 2.71 bits per heavy atom. The lowest BCUT2D eigenvalue weighted by molar-refractivity contribution is -0.124. The first-order chi connectivity index (χ1) is 13.4. The number of benzene rings is 1. The van der Waals surface area contributed by atoms with E-state index in [4.69, 9.17) is 0 Å². The van der Waals surface area contributed by atoms with Crippen molar-refractivity contribution in [1.29, 1.82) is 5.26 Å². The molecule has 0 atom stereocenters. The van der Waals surface area contributed by atoms with Gasteiger partial charge in [0, 0.05) is 32.0 Å². The molecule has 7 heteroatoms. The number of nitrogens with one attached hydrogen (secondary N) is 1. The van der Waals surface area contributed by atoms with Gasteiger partial charge >= 0.3 is 0 Å². The molecule has 0 saturated carbocycles. The number of aromatic amines is 1. The van der Waals surface area contributed by atoms with Crippen LogP contribution >= 0.6 is 0 Å². The highest BCUT2D eigenvalue weighted by Gasteiger charge is 2.19. The van der Waals surface area contributed by atoms with E-state index in [0.717, 1.165) is 28.1 Å². The molecule has 0 spiro atoms. The second-order valence-corrected chi connectivity index (χ2v) is 6.87. The van der Waals surface area contributed by atoms with E-state index in [1.807, 2.05) is 42.6 Å². The lowest BCUT2D eigenvalue weighted by atomic mass is 10.1. The Bertz CT molecular complexity index is 1070. The third-order valence-electron chi connectivity index (χ3n) is 4.29. The number of likely N-dealkylation sites (N-methyl/N-ethyl adjacent to an activating group) is 1. The van der Waals surface area contributed by atoms with Crippen LogP contribution in [0.15, 0.2) is 48.4 Å². The van der Waals surface area contributed by atoms with Gasteiger partial charge in [0.2, 0.25) is 0 Å². The van der Waals surface area contributed by atoms with Gasteiger partial charge in [-0.05, 0) is 43.7 Å². The van der Waals surface area contributed by atoms with Gasteiger partial charge in [0.25, 0.3) is 5.91 Å². The number of nitrogens with zero attached hydrogens (tertiary/aromatic N) is 5. The molecule has 7 nitrogen and oxygen atoms in total. The van der Waals surface area contributed by atoms with Crippen molar-refractivity contribution in [2.75, 3.05) is 19.0 Å². The van der Waals surface area contributed by atoms with Crippen LogP contribution in [0.4, 0.5) is 11.5 Å². The molecule has 0 unspecified atom stereocenters. The number of fused-ring (bicyclic) bond motifs is 1. The molecule has 0 saturated heterocycles. The summed E-state index contributed by atoms with van der Waals surface area (Å²) in [6.07, 6.45) is 4.99. The van der Waals surface area contributed by atoms with E-state index >= 15 is 0 Å². The van der Waals surface area contributed by atoms with E-state index in [1.54, 1.807) is 20.2 Å². The fourth-order valence-corrected chi connectivity index (χ4v) is 3.03. The van der Waals surface area contributed by atoms with E-state index in [-0.39, 0.29) is 17.5 Å². The van der Waals surface area contributed by atoms with Crippen LogP contribution in [0.25, 0.3) is 17.1 Å². The predicted molar refractivity (Wildman–Crippen MR) is 110 cm³/mol. The van der Waals surface area contributed by atoms with Crippen LogP contribution < -0.4 is 4.90 Å². The minimum atomic E-state index is -0.321. The van der Waals surface area contributed by atoms with Crippen molar-refractivity contribution >= 4 is 34.5 Å². The highest BCUT2D eigenvalue weighted by molar-refractivity contribution is 6.01. The number of hydrogen-bond acceptors (Lipinski definition) is 5. The first kappa shape index (κ1) is 19.1. The van der Waals surface area contributed by atoms with Gasteiger partial charge in [0.15, 0.2) is 0 Å². The highest BCUT2D eigenvalue weighted by atomic mass is 16.2. The van der Waals surface area contributed by atoms with Gasteiger partial charge in [-0.2, -0.15) is 5.26 Å². The van der Waals surface area contributed by atoms with Crippen molar-refractivity contribution in [3.63, 3.8) is 0 Å². The molecule has 1 N–H and O–H groups in total. The highest BCUT2D eigenvalue weighted by Crippen LogP contribution is 2.32. The number of aromatic nitrogens is 3. The molecule has 0 radical (unpaired) electrons. The van der Waals surface area contributed by atoms with E-state index in [0.29, 0.717) is 0 Å². The zero-order valence-electron chi connectivity index (χ0n) is 16.3. The summed E-state index contributed by atoms with van der Waals surface area (Å²) in [5.41, 5.74) is 2.55. The molecule has 142 valence electrons. The maximum Gasteiger partial charge on any atom is 0.264 e. The summed E-state index contributed by atoms with van der Waals surface area (Å²) in [4.78, 5) is 27.5. The number of anilines is 2. The lowest BCUT2D eigenvalue weighted by Gasteiger charge is -2.28. The predicted octanol–water partition coefficient (Wildman–Crippen LogP) is 3.50. The van der Waals surface area contributed by atoms with Crippen molar-refractivity contribution in [2.24, 2.45) is 0 Å². The van der Waals surface area contributed by atoms with Crippen LogP contribution in [0.1, 0.15) is 19.4 Å². The van der Waals surface area contributed by atoms with Crippen molar-refractivity contribution in [3.8, 4) is 6.07 Å². The summed E-state index contributed by atoms with van der Waals surface area (Å²) >= 11 is 0. The minimum absolute atomic E-state index is 0.0910. The minimum Gasteiger partial charge on any atom is -0.346 e. The van der Waals surface area contributed by atoms with Gasteiger partial charge in [-0.3, -0.25) is 4.79 Å². The van der Waals surface area contributed by atoms with Crippen molar-refractivity contribution in [2.45, 2.75) is 19.9 Å². The summed E-state index contributed by atoms with van der Waals surface area (Å²) < 4.78 is 0. The Kier molecular flexibility index (Phi) is 5.41. The molecule has 0 bridgehead atoms. The molecule has 0 aliphatic rings. The van der Waals surface area contributed by atoms with Crippen LogP contribution in [-0.4, -0.2) is 45.9 Å². The van der Waals surface area contributed by atoms with Gasteiger partial charge in [0.05, 0.1) is 5.39 Å². The second kappa shape index (κ2) is 7.92. The fraction of sp³-hybridized carbons (Fsp3) is 0.238. The molecule has 3 rings (SSSR count). The monoisotopic (exact) mass is 374 g/mol. The quantitative estimate of drug-likeness (QED) is 0.545. The van der Waals surface area contributed by atoms with Crippen LogP contribution in [-0.2, 0) is 4.79 Å². The normalized spacial score (nSPS) is 11.5. The molecular formula is C21H22N6O. The molecule has 2 heterocycles. The van der Waals surface area contributed by atoms with Crippen LogP contribution in [0.3, 0.4) is 0 Å². The molecular weight excluding hydrogens is 352 g/mol. The first-order valence-electron chi connectivity index (χ1n) is 8.93. The number of carbonyl (C=O) groups is 1. The fourth-order valence-electron chi connectivity index (χ4n) is 3.03. The maximum atomic E-state index is 12.1. The average molecular weight is 374 g/mol. The van der Waals surface area contributed by atoms with E-state index in [2.05, 4.69) is 33.7 Å². The van der Waals surface area contributed by atoms with Crippen LogP contribution in [0, 0.1) is 11.3 Å². The third kappa shape index (κ3) is 3.71. The summed E-state index contributed by atoms with van der Waals surface area (Å²) in [6.45, 7) is 4.17. The summed E-state index contributed by atoms with van der Waals surface area (Å²) in [5.74, 6) is 0.478. The van der Waals surface area contributed by atoms with Crippen molar-refractivity contribution in [3.05, 3.63) is 54.0 Å². The Morgan fingerprint density at radius 1 is 1.25 bits per heavy atom. The SMILES string of the molecule is CC(C)N(c1cccc(/C=C(\C#N)C(=O)N(C)C)c1)c1ncnc2[nH]ccc12. The summed E-state index contributed by atoms with van der Waals surface area (Å²) in [7, 11) is 3.25. The van der Waals surface area contributed by atoms with Gasteiger partial charge in [-0.15, -0.1) is 0 Å². The maximum absolute atomic E-state index is 12.1. The number of amides is 1. The Balaban J connectivity index is 2.07. The van der Waals surface area contributed by atoms with Gasteiger partial charge in [-0.1, -0.05) is 12.1 Å². The Labute approximate surface area is 163 Å². The van der Waals surface area contributed by atoms with Crippen LogP contribution in [0.2, 0.25) is 0 Å². The smallest absolute Gasteiger partial charge is 0.264 e. The molecule has 0 aliphatic carbocycles. The second-order valence-electron chi connectivity index (χ2n) is 6.87. The summed E-state index contributed by atoms with van der Waals surface area (Å²) in [5, 5.41) is 10.3. The molecule has 0 fully saturated rings. The number of nitriles is 1. The third-order valence-corrected chi connectivity index (χ3v) is 4.29. The lowest BCUT2D eigenvalue weighted by Crippen LogP contribution is -2.26. The standard InChI is InChI=1S/C21H22N6O/c1-14(2)27(20-18-8-9-23-19(18)24-13-25-20)17-7-5-6-15(11-17)10-16(12-22)21(28)26(3)4/h5-11,13-14H,1-4H3,(H,23,24,25)/b16-10+. The molecule has 1 aromatic carbocycles. The molecule has 28 heavy (non-hydrogen) atoms. The zero-order chi connectivity index (χ0) is 20.3. The van der Waals surface area contributed by atoms with E-state index in [1.165, 1.54) is 11.2 Å². The molecule has 3 aromatic rings. The Hall–Kier alpha value is -3.66. The van der Waals surface area contributed by atoms with Crippen molar-refractivity contribution in [1.82, 2.24) is 19.9 Å². The summed E-state index contributed by atoms with van der Waals surface area (Å²) in [6, 6.07) is 11.8. The average Bonchev–Trinajstić information content (AvgIpc) is 3.15. The largest absolute Gasteiger partial charge is 0.346 e. The van der Waals surface area contributed by atoms with E-state index < -0.39 is 0 Å². The number of H-pyrrole nitrogens is 1. The molecule has 2 aromatic heterocycles. The number of carbonyl (C=O) groups excluding carboxylic acids is 1. The Morgan fingerprint density at radius 2 is 2.04 bits per heavy atom. The van der Waals surface area contributed by atoms with Crippen LogP contribution in [0.5, 0.6) is 0 Å². The van der Waals surface area contributed by atoms with Gasteiger partial charge < -0.3 is 14.8 Å². The van der Waals surface area contributed by atoms with Gasteiger partial charge in [-0.25, -0.2) is 9.97 Å². The van der Waals surface area contributed by atoms with Gasteiger partial charge in [0.1, 0.15) is 29.4 Å². The first-order valence-corrected chi connectivity index (χ1v) is 8.93. The number of rotatable bonds is 5. The van der Waals surface area contributed by atoms with Crippen molar-refractivity contribution < 1.29 is 4.79 Å². The molecule has 0 aliphatic heterocycles. The number of hydrogen-bond donors (Lipinski definition) is 1. The van der Waals surface area contributed by atoms with E-state index in [9.17, 15) is 10.1 Å². The zero-order valence-corrected chi connectivity index (χ0v) is 16.3.